The van der Waals surface area contributed by atoms with E-state index >= 15 is 0 Å². The fraction of sp³-hybridized carbons (Fsp3) is 0.429. The fourth-order valence-corrected chi connectivity index (χ4v) is 5.31. The molecular formula is C28H31F3N6O3. The van der Waals surface area contributed by atoms with Crippen molar-refractivity contribution in [3.63, 3.8) is 0 Å². The first-order valence-electron chi connectivity index (χ1n) is 13.3. The molecule has 40 heavy (non-hydrogen) atoms. The van der Waals surface area contributed by atoms with Gasteiger partial charge in [-0.2, -0.15) is 18.3 Å². The summed E-state index contributed by atoms with van der Waals surface area (Å²) >= 11 is 0. The minimum atomic E-state index is -4.56. The lowest BCUT2D eigenvalue weighted by molar-refractivity contribution is -0.137. The van der Waals surface area contributed by atoms with Crippen molar-refractivity contribution < 1.29 is 27.5 Å². The normalized spacial score (nSPS) is 16.3. The van der Waals surface area contributed by atoms with Gasteiger partial charge in [0.1, 0.15) is 18.3 Å². The first-order chi connectivity index (χ1) is 19.1. The van der Waals surface area contributed by atoms with Crippen LogP contribution in [0.25, 0.3) is 0 Å². The first-order valence-corrected chi connectivity index (χ1v) is 13.3. The number of nitrogens with zero attached hydrogens (tertiary/aromatic N) is 4. The zero-order valence-corrected chi connectivity index (χ0v) is 22.3. The monoisotopic (exact) mass is 556 g/mol. The van der Waals surface area contributed by atoms with Crippen LogP contribution in [0.1, 0.15) is 53.6 Å². The van der Waals surface area contributed by atoms with Crippen LogP contribution in [0.4, 0.5) is 30.2 Å². The van der Waals surface area contributed by atoms with Gasteiger partial charge in [-0.3, -0.25) is 14.3 Å². The van der Waals surface area contributed by atoms with Crippen molar-refractivity contribution in [1.29, 1.82) is 0 Å². The van der Waals surface area contributed by atoms with Gasteiger partial charge in [0.05, 0.1) is 24.0 Å². The molecule has 0 unspecified atom stereocenters. The van der Waals surface area contributed by atoms with Crippen LogP contribution in [0.15, 0.2) is 42.9 Å². The Morgan fingerprint density at radius 2 is 1.93 bits per heavy atom. The Morgan fingerprint density at radius 3 is 2.62 bits per heavy atom. The molecule has 2 aliphatic rings. The number of pyridine rings is 1. The molecule has 2 amide bonds. The molecule has 0 radical (unpaired) electrons. The third kappa shape index (κ3) is 6.05. The van der Waals surface area contributed by atoms with Crippen molar-refractivity contribution in [1.82, 2.24) is 20.1 Å². The summed E-state index contributed by atoms with van der Waals surface area (Å²) < 4.78 is 47.3. The van der Waals surface area contributed by atoms with E-state index in [1.807, 2.05) is 6.92 Å². The number of nitrogens with one attached hydrogen (secondary N) is 2. The minimum absolute atomic E-state index is 0.0946. The summed E-state index contributed by atoms with van der Waals surface area (Å²) in [7, 11) is 1.75. The van der Waals surface area contributed by atoms with Gasteiger partial charge in [-0.1, -0.05) is 31.7 Å². The number of amides is 2. The van der Waals surface area contributed by atoms with Gasteiger partial charge >= 0.3 is 6.18 Å². The highest BCUT2D eigenvalue weighted by Crippen LogP contribution is 2.40. The molecule has 0 saturated heterocycles. The third-order valence-electron chi connectivity index (χ3n) is 7.40. The number of aromatic nitrogens is 3. The van der Waals surface area contributed by atoms with E-state index in [0.717, 1.165) is 43.5 Å². The maximum absolute atomic E-state index is 13.5. The number of fused-ring (bicyclic) bond motifs is 1. The lowest BCUT2D eigenvalue weighted by atomic mass is 9.97. The Morgan fingerprint density at radius 1 is 1.15 bits per heavy atom. The highest BCUT2D eigenvalue weighted by atomic mass is 19.4. The largest absolute Gasteiger partial charge is 0.474 e. The van der Waals surface area contributed by atoms with E-state index in [9.17, 15) is 22.8 Å². The number of hydrogen-bond acceptors (Lipinski definition) is 6. The van der Waals surface area contributed by atoms with Crippen molar-refractivity contribution in [2.45, 2.75) is 51.2 Å². The first kappa shape index (κ1) is 27.5. The average molecular weight is 557 g/mol. The molecule has 1 saturated carbocycles. The molecule has 3 heterocycles. The van der Waals surface area contributed by atoms with Gasteiger partial charge in [0.15, 0.2) is 0 Å². The van der Waals surface area contributed by atoms with Crippen molar-refractivity contribution in [2.75, 3.05) is 23.4 Å². The van der Waals surface area contributed by atoms with E-state index in [1.165, 1.54) is 6.20 Å². The van der Waals surface area contributed by atoms with E-state index in [2.05, 4.69) is 20.7 Å². The van der Waals surface area contributed by atoms with Crippen molar-refractivity contribution in [2.24, 2.45) is 13.0 Å². The number of rotatable bonds is 7. The van der Waals surface area contributed by atoms with E-state index in [4.69, 9.17) is 4.74 Å². The van der Waals surface area contributed by atoms with Gasteiger partial charge in [0, 0.05) is 30.7 Å². The van der Waals surface area contributed by atoms with E-state index in [0.29, 0.717) is 29.3 Å². The van der Waals surface area contributed by atoms with Gasteiger partial charge in [0.2, 0.25) is 11.8 Å². The number of aryl methyl sites for hydroxylation is 2. The lowest BCUT2D eigenvalue weighted by Crippen LogP contribution is -2.44. The number of hydrogen-bond donors (Lipinski definition) is 2. The number of carbonyl (C=O) groups is 2. The summed E-state index contributed by atoms with van der Waals surface area (Å²) in [5.41, 5.74) is 1.44. The minimum Gasteiger partial charge on any atom is -0.474 e. The molecule has 5 rings (SSSR count). The average Bonchev–Trinajstić information content (AvgIpc) is 3.58. The number of halogens is 3. The van der Waals surface area contributed by atoms with Gasteiger partial charge in [-0.15, -0.1) is 0 Å². The maximum atomic E-state index is 13.5. The molecule has 1 fully saturated rings. The molecule has 2 N–H and O–H groups in total. The maximum Gasteiger partial charge on any atom is 0.417 e. The second-order valence-corrected chi connectivity index (χ2v) is 10.4. The smallest absolute Gasteiger partial charge is 0.417 e. The standard InChI is InChI=1S/C28H31F3N6O3/c1-17-7-8-19(12-23(17)37-9-10-40-27-24(37)13-20(14-32-27)28(29,30)31)25(38)35-22(11-18-5-3-4-6-18)26(39)34-21-15-33-36(2)16-21/h7-8,12-16,18,22H,3-6,9-11H2,1-2H3,(H,34,39)(H,35,38)/t22-/m0/s1. The van der Waals surface area contributed by atoms with Crippen molar-refractivity contribution >= 4 is 28.9 Å². The van der Waals surface area contributed by atoms with Gasteiger partial charge < -0.3 is 20.3 Å². The molecule has 12 heteroatoms. The van der Waals surface area contributed by atoms with Crippen LogP contribution in [0.5, 0.6) is 5.88 Å². The topological polar surface area (TPSA) is 101 Å². The molecule has 1 aromatic carbocycles. The number of benzene rings is 1. The van der Waals surface area contributed by atoms with Crippen LogP contribution in [-0.4, -0.2) is 45.8 Å². The molecule has 212 valence electrons. The number of ether oxygens (including phenoxy) is 1. The summed E-state index contributed by atoms with van der Waals surface area (Å²) in [5.74, 6) is -0.342. The van der Waals surface area contributed by atoms with E-state index in [-0.39, 0.29) is 30.6 Å². The predicted molar refractivity (Wildman–Crippen MR) is 143 cm³/mol. The zero-order chi connectivity index (χ0) is 28.4. The highest BCUT2D eigenvalue weighted by Gasteiger charge is 2.34. The summed E-state index contributed by atoms with van der Waals surface area (Å²) in [6.45, 7) is 2.32. The molecule has 2 aromatic heterocycles. The predicted octanol–water partition coefficient (Wildman–Crippen LogP) is 4.99. The number of alkyl halides is 3. The molecule has 9 nitrogen and oxygen atoms in total. The number of carbonyl (C=O) groups excluding carboxylic acids is 2. The summed E-state index contributed by atoms with van der Waals surface area (Å²) in [4.78, 5) is 32.2. The van der Waals surface area contributed by atoms with Crippen molar-refractivity contribution in [3.05, 3.63) is 59.5 Å². The molecule has 0 spiro atoms. The number of anilines is 3. The lowest BCUT2D eigenvalue weighted by Gasteiger charge is -2.32. The van der Waals surface area contributed by atoms with Crippen LogP contribution >= 0.6 is 0 Å². The summed E-state index contributed by atoms with van der Waals surface area (Å²) in [5, 5.41) is 9.81. The van der Waals surface area contributed by atoms with E-state index in [1.54, 1.807) is 41.0 Å². The highest BCUT2D eigenvalue weighted by molar-refractivity contribution is 6.01. The summed E-state index contributed by atoms with van der Waals surface area (Å²) in [6, 6.07) is 5.26. The van der Waals surface area contributed by atoms with Gasteiger partial charge in [0.25, 0.3) is 5.91 Å². The molecule has 1 atom stereocenters. The Balaban J connectivity index is 1.40. The second kappa shape index (κ2) is 11.2. The van der Waals surface area contributed by atoms with Crippen LogP contribution in [0.2, 0.25) is 0 Å². The SMILES string of the molecule is Cc1ccc(C(=O)N[C@@H](CC2CCCC2)C(=O)Nc2cnn(C)c2)cc1N1CCOc2ncc(C(F)(F)F)cc21. The van der Waals surface area contributed by atoms with E-state index < -0.39 is 23.7 Å². The second-order valence-electron chi connectivity index (χ2n) is 10.4. The third-order valence-corrected chi connectivity index (χ3v) is 7.40. The molecule has 3 aromatic rings. The molecule has 1 aliphatic heterocycles. The van der Waals surface area contributed by atoms with Gasteiger partial charge in [-0.05, 0) is 43.0 Å². The van der Waals surface area contributed by atoms with Crippen LogP contribution < -0.4 is 20.3 Å². The Hall–Kier alpha value is -4.09. The van der Waals surface area contributed by atoms with Crippen LogP contribution in [0.3, 0.4) is 0 Å². The summed E-state index contributed by atoms with van der Waals surface area (Å²) in [6.07, 6.45) is 4.13. The molecular weight excluding hydrogens is 525 g/mol. The molecule has 0 bridgehead atoms. The zero-order valence-electron chi connectivity index (χ0n) is 22.3. The van der Waals surface area contributed by atoms with Crippen LogP contribution in [0, 0.1) is 12.8 Å². The Kier molecular flexibility index (Phi) is 7.68. The van der Waals surface area contributed by atoms with Crippen LogP contribution in [-0.2, 0) is 18.0 Å². The molecule has 1 aliphatic carbocycles. The fourth-order valence-electron chi connectivity index (χ4n) is 5.31. The quantitative estimate of drug-likeness (QED) is 0.425. The van der Waals surface area contributed by atoms with Gasteiger partial charge in [-0.25, -0.2) is 4.98 Å². The van der Waals surface area contributed by atoms with Crippen molar-refractivity contribution in [3.8, 4) is 5.88 Å². The Bertz CT molecular complexity index is 1400. The Labute approximate surface area is 229 Å².